The Hall–Kier alpha value is -0.0800. The normalized spacial score (nSPS) is 25.1. The standard InChI is InChI=1S/C15H30O2/c1-2-3-4-5-6-7-8-9-10-14-13-17-12-11-15(14)16/h14-16H,2-13H2,1H3. The SMILES string of the molecule is CCCCCCCCCCC1COCCC1O. The maximum atomic E-state index is 9.79. The van der Waals surface area contributed by atoms with E-state index in [0.717, 1.165) is 26.1 Å². The molecule has 102 valence electrons. The van der Waals surface area contributed by atoms with E-state index < -0.39 is 0 Å². The number of hydrogen-bond donors (Lipinski definition) is 1. The van der Waals surface area contributed by atoms with Gasteiger partial charge in [0.2, 0.25) is 0 Å². The summed E-state index contributed by atoms with van der Waals surface area (Å²) < 4.78 is 5.41. The molecule has 0 aromatic rings. The van der Waals surface area contributed by atoms with Crippen molar-refractivity contribution in [3.63, 3.8) is 0 Å². The zero-order chi connectivity index (χ0) is 12.3. The number of aliphatic hydroxyl groups excluding tert-OH is 1. The maximum Gasteiger partial charge on any atom is 0.0612 e. The molecule has 0 aromatic carbocycles. The van der Waals surface area contributed by atoms with Gasteiger partial charge < -0.3 is 9.84 Å². The molecule has 2 unspecified atom stereocenters. The van der Waals surface area contributed by atoms with Gasteiger partial charge in [0.25, 0.3) is 0 Å². The van der Waals surface area contributed by atoms with Gasteiger partial charge in [-0.25, -0.2) is 0 Å². The molecular formula is C15H30O2. The van der Waals surface area contributed by atoms with Crippen LogP contribution < -0.4 is 0 Å². The van der Waals surface area contributed by atoms with Crippen molar-refractivity contribution in [2.45, 2.75) is 77.2 Å². The number of aliphatic hydroxyl groups is 1. The fraction of sp³-hybridized carbons (Fsp3) is 1.00. The highest BCUT2D eigenvalue weighted by Gasteiger charge is 2.22. The third-order valence-corrected chi connectivity index (χ3v) is 3.86. The first-order chi connectivity index (χ1) is 8.34. The van der Waals surface area contributed by atoms with Crippen LogP contribution in [0.2, 0.25) is 0 Å². The van der Waals surface area contributed by atoms with Crippen molar-refractivity contribution < 1.29 is 9.84 Å². The minimum atomic E-state index is -0.103. The van der Waals surface area contributed by atoms with Crippen LogP contribution in [0.4, 0.5) is 0 Å². The molecule has 0 amide bonds. The van der Waals surface area contributed by atoms with Crippen LogP contribution in [0.15, 0.2) is 0 Å². The summed E-state index contributed by atoms with van der Waals surface area (Å²) in [4.78, 5) is 0. The molecule has 1 rings (SSSR count). The highest BCUT2D eigenvalue weighted by molar-refractivity contribution is 4.72. The van der Waals surface area contributed by atoms with Crippen molar-refractivity contribution in [3.05, 3.63) is 0 Å². The number of hydrogen-bond acceptors (Lipinski definition) is 2. The number of ether oxygens (including phenoxy) is 1. The van der Waals surface area contributed by atoms with E-state index in [1.54, 1.807) is 0 Å². The Balaban J connectivity index is 1.86. The monoisotopic (exact) mass is 242 g/mol. The van der Waals surface area contributed by atoms with Crippen LogP contribution >= 0.6 is 0 Å². The van der Waals surface area contributed by atoms with Crippen LogP contribution in [-0.4, -0.2) is 24.4 Å². The van der Waals surface area contributed by atoms with Crippen molar-refractivity contribution in [2.75, 3.05) is 13.2 Å². The first-order valence-corrected chi connectivity index (χ1v) is 7.60. The van der Waals surface area contributed by atoms with E-state index in [-0.39, 0.29) is 6.10 Å². The van der Waals surface area contributed by atoms with E-state index in [1.165, 1.54) is 51.4 Å². The molecule has 17 heavy (non-hydrogen) atoms. The summed E-state index contributed by atoms with van der Waals surface area (Å²) in [5.41, 5.74) is 0. The third-order valence-electron chi connectivity index (χ3n) is 3.86. The van der Waals surface area contributed by atoms with Gasteiger partial charge in [0.05, 0.1) is 12.7 Å². The molecular weight excluding hydrogens is 212 g/mol. The molecule has 1 saturated heterocycles. The second-order valence-corrected chi connectivity index (χ2v) is 5.45. The van der Waals surface area contributed by atoms with Gasteiger partial charge in [0.15, 0.2) is 0 Å². The van der Waals surface area contributed by atoms with Crippen molar-refractivity contribution in [1.82, 2.24) is 0 Å². The lowest BCUT2D eigenvalue weighted by atomic mass is 9.92. The Morgan fingerprint density at radius 2 is 1.65 bits per heavy atom. The maximum absolute atomic E-state index is 9.79. The third kappa shape index (κ3) is 7.05. The van der Waals surface area contributed by atoms with Crippen LogP contribution in [0.3, 0.4) is 0 Å². The minimum absolute atomic E-state index is 0.103. The lowest BCUT2D eigenvalue weighted by Gasteiger charge is -2.27. The molecule has 2 heteroatoms. The Morgan fingerprint density at radius 1 is 1.00 bits per heavy atom. The van der Waals surface area contributed by atoms with Gasteiger partial charge >= 0.3 is 0 Å². The molecule has 0 saturated carbocycles. The van der Waals surface area contributed by atoms with Gasteiger partial charge in [0.1, 0.15) is 0 Å². The Bertz CT molecular complexity index is 170. The van der Waals surface area contributed by atoms with Gasteiger partial charge in [-0.1, -0.05) is 58.3 Å². The molecule has 1 aliphatic rings. The first-order valence-electron chi connectivity index (χ1n) is 7.60. The van der Waals surface area contributed by atoms with Crippen LogP contribution in [0, 0.1) is 5.92 Å². The van der Waals surface area contributed by atoms with Gasteiger partial charge in [-0.05, 0) is 12.8 Å². The van der Waals surface area contributed by atoms with E-state index in [4.69, 9.17) is 4.74 Å². The summed E-state index contributed by atoms with van der Waals surface area (Å²) >= 11 is 0. The van der Waals surface area contributed by atoms with Crippen molar-refractivity contribution in [3.8, 4) is 0 Å². The molecule has 2 nitrogen and oxygen atoms in total. The lowest BCUT2D eigenvalue weighted by Crippen LogP contribution is -2.31. The second-order valence-electron chi connectivity index (χ2n) is 5.45. The molecule has 1 fully saturated rings. The predicted octanol–water partition coefficient (Wildman–Crippen LogP) is 3.91. The summed E-state index contributed by atoms with van der Waals surface area (Å²) in [5.74, 6) is 0.406. The molecule has 0 aromatic heterocycles. The highest BCUT2D eigenvalue weighted by Crippen LogP contribution is 2.21. The van der Waals surface area contributed by atoms with E-state index >= 15 is 0 Å². The van der Waals surface area contributed by atoms with E-state index in [0.29, 0.717) is 5.92 Å². The van der Waals surface area contributed by atoms with Crippen LogP contribution in [0.5, 0.6) is 0 Å². The summed E-state index contributed by atoms with van der Waals surface area (Å²) in [7, 11) is 0. The number of unbranched alkanes of at least 4 members (excludes halogenated alkanes) is 7. The topological polar surface area (TPSA) is 29.5 Å². The highest BCUT2D eigenvalue weighted by atomic mass is 16.5. The molecule has 2 atom stereocenters. The summed E-state index contributed by atoms with van der Waals surface area (Å²) in [6, 6.07) is 0. The van der Waals surface area contributed by atoms with Gasteiger partial charge in [-0.3, -0.25) is 0 Å². The zero-order valence-electron chi connectivity index (χ0n) is 11.5. The average Bonchev–Trinajstić information content (AvgIpc) is 2.35. The van der Waals surface area contributed by atoms with Gasteiger partial charge in [-0.15, -0.1) is 0 Å². The van der Waals surface area contributed by atoms with E-state index in [9.17, 15) is 5.11 Å². The smallest absolute Gasteiger partial charge is 0.0612 e. The van der Waals surface area contributed by atoms with Crippen LogP contribution in [0.1, 0.15) is 71.1 Å². The van der Waals surface area contributed by atoms with E-state index in [2.05, 4.69) is 6.92 Å². The molecule has 1 heterocycles. The lowest BCUT2D eigenvalue weighted by molar-refractivity contribution is -0.0389. The van der Waals surface area contributed by atoms with E-state index in [1.807, 2.05) is 0 Å². The zero-order valence-corrected chi connectivity index (χ0v) is 11.5. The molecule has 0 radical (unpaired) electrons. The summed E-state index contributed by atoms with van der Waals surface area (Å²) in [5, 5.41) is 9.79. The van der Waals surface area contributed by atoms with Crippen LogP contribution in [0.25, 0.3) is 0 Å². The fourth-order valence-electron chi connectivity index (χ4n) is 2.60. The average molecular weight is 242 g/mol. The van der Waals surface area contributed by atoms with Gasteiger partial charge in [0, 0.05) is 12.5 Å². The fourth-order valence-corrected chi connectivity index (χ4v) is 2.60. The quantitative estimate of drug-likeness (QED) is 0.621. The second kappa shape index (κ2) is 9.90. The minimum Gasteiger partial charge on any atom is -0.393 e. The predicted molar refractivity (Wildman–Crippen MR) is 72.2 cm³/mol. The van der Waals surface area contributed by atoms with Gasteiger partial charge in [-0.2, -0.15) is 0 Å². The van der Waals surface area contributed by atoms with Crippen molar-refractivity contribution >= 4 is 0 Å². The summed E-state index contributed by atoms with van der Waals surface area (Å²) in [6.45, 7) is 3.78. The molecule has 1 N–H and O–H groups in total. The summed E-state index contributed by atoms with van der Waals surface area (Å²) in [6.07, 6.45) is 12.8. The first kappa shape index (κ1) is 15.0. The Labute approximate surface area is 107 Å². The Kier molecular flexibility index (Phi) is 8.72. The number of rotatable bonds is 9. The van der Waals surface area contributed by atoms with Crippen molar-refractivity contribution in [1.29, 1.82) is 0 Å². The van der Waals surface area contributed by atoms with Crippen LogP contribution in [-0.2, 0) is 4.74 Å². The van der Waals surface area contributed by atoms with Crippen molar-refractivity contribution in [2.24, 2.45) is 5.92 Å². The largest absolute Gasteiger partial charge is 0.393 e. The Morgan fingerprint density at radius 3 is 2.29 bits per heavy atom. The molecule has 0 bridgehead atoms. The molecule has 1 aliphatic heterocycles. The molecule has 0 spiro atoms. The molecule has 0 aliphatic carbocycles.